The molecule has 1 aromatic rings. The number of nitrogen functional groups attached to an aromatic ring is 1. The Balaban J connectivity index is 2.93. The van der Waals surface area contributed by atoms with Gasteiger partial charge in [0, 0.05) is 20.6 Å². The highest BCUT2D eigenvalue weighted by Crippen LogP contribution is 2.09. The molecular weight excluding hydrogens is 182 g/mol. The fraction of sp³-hybridized carbons (Fsp3) is 0.500. The van der Waals surface area contributed by atoms with Crippen molar-refractivity contribution in [3.8, 4) is 0 Å². The molecule has 0 saturated carbocycles. The highest BCUT2D eigenvalue weighted by molar-refractivity contribution is 5.96. The zero-order valence-corrected chi connectivity index (χ0v) is 8.61. The molecule has 0 atom stereocenters. The van der Waals surface area contributed by atoms with Crippen LogP contribution in [-0.2, 0) is 6.54 Å². The van der Waals surface area contributed by atoms with Crippen LogP contribution in [0.3, 0.4) is 0 Å². The summed E-state index contributed by atoms with van der Waals surface area (Å²) in [5.41, 5.74) is 9.04. The maximum atomic E-state index is 11.6. The first-order chi connectivity index (χ1) is 6.56. The number of nitrogens with zero attached hydrogens (tertiary/aromatic N) is 3. The number of nitrogens with two attached hydrogens (primary N) is 1. The quantitative estimate of drug-likeness (QED) is 0.652. The largest absolute Gasteiger partial charge is 0.396 e. The van der Waals surface area contributed by atoms with Crippen LogP contribution in [0.25, 0.3) is 0 Å². The lowest BCUT2D eigenvalue weighted by Crippen LogP contribution is -2.37. The van der Waals surface area contributed by atoms with Crippen molar-refractivity contribution < 1.29 is 4.79 Å². The standard InChI is InChI=1S/C8H15N5O/c1-4-13-7(6(9)5-10-13)8(14)11-12(2)3/h5H,4,9H2,1-3H3,(H,11,14). The van der Waals surface area contributed by atoms with Crippen LogP contribution in [0.5, 0.6) is 0 Å². The molecule has 0 aromatic carbocycles. The third-order valence-corrected chi connectivity index (χ3v) is 1.71. The maximum absolute atomic E-state index is 11.6. The van der Waals surface area contributed by atoms with Crippen LogP contribution in [-0.4, -0.2) is 34.8 Å². The van der Waals surface area contributed by atoms with Crippen molar-refractivity contribution in [3.05, 3.63) is 11.9 Å². The summed E-state index contributed by atoms with van der Waals surface area (Å²) < 4.78 is 1.56. The predicted octanol–water partition coefficient (Wildman–Crippen LogP) is -0.308. The Hall–Kier alpha value is -1.56. The molecule has 1 amide bonds. The minimum atomic E-state index is -0.244. The topological polar surface area (TPSA) is 76.2 Å². The highest BCUT2D eigenvalue weighted by Gasteiger charge is 2.15. The smallest absolute Gasteiger partial charge is 0.285 e. The van der Waals surface area contributed by atoms with Gasteiger partial charge in [-0.3, -0.25) is 14.9 Å². The monoisotopic (exact) mass is 197 g/mol. The van der Waals surface area contributed by atoms with Gasteiger partial charge in [-0.2, -0.15) is 5.10 Å². The molecule has 0 aliphatic rings. The average Bonchev–Trinajstić information content (AvgIpc) is 2.45. The van der Waals surface area contributed by atoms with Gasteiger partial charge in [0.25, 0.3) is 5.91 Å². The third-order valence-electron chi connectivity index (χ3n) is 1.71. The van der Waals surface area contributed by atoms with Crippen LogP contribution in [0.2, 0.25) is 0 Å². The summed E-state index contributed by atoms with van der Waals surface area (Å²) in [5, 5.41) is 5.54. The van der Waals surface area contributed by atoms with E-state index in [1.807, 2.05) is 6.92 Å². The molecule has 0 bridgehead atoms. The molecule has 0 fully saturated rings. The van der Waals surface area contributed by atoms with Crippen molar-refractivity contribution in [1.82, 2.24) is 20.2 Å². The van der Waals surface area contributed by atoms with Crippen LogP contribution < -0.4 is 11.2 Å². The van der Waals surface area contributed by atoms with Crippen molar-refractivity contribution in [3.63, 3.8) is 0 Å². The average molecular weight is 197 g/mol. The summed E-state index contributed by atoms with van der Waals surface area (Å²) >= 11 is 0. The van der Waals surface area contributed by atoms with E-state index >= 15 is 0 Å². The molecule has 0 spiro atoms. The summed E-state index contributed by atoms with van der Waals surface area (Å²) in [4.78, 5) is 11.6. The minimum Gasteiger partial charge on any atom is -0.396 e. The van der Waals surface area contributed by atoms with Crippen LogP contribution in [0.15, 0.2) is 6.20 Å². The molecule has 6 nitrogen and oxygen atoms in total. The van der Waals surface area contributed by atoms with E-state index in [0.29, 0.717) is 17.9 Å². The normalized spacial score (nSPS) is 10.6. The maximum Gasteiger partial charge on any atom is 0.285 e. The van der Waals surface area contributed by atoms with Gasteiger partial charge < -0.3 is 5.73 Å². The summed E-state index contributed by atoms with van der Waals surface area (Å²) in [6, 6.07) is 0. The Morgan fingerprint density at radius 3 is 2.86 bits per heavy atom. The number of carbonyl (C=O) groups excluding carboxylic acids is 1. The van der Waals surface area contributed by atoms with Gasteiger partial charge >= 0.3 is 0 Å². The molecule has 3 N–H and O–H groups in total. The summed E-state index contributed by atoms with van der Waals surface area (Å²) in [7, 11) is 3.47. The fourth-order valence-electron chi connectivity index (χ4n) is 1.14. The number of aromatic nitrogens is 2. The number of aryl methyl sites for hydroxylation is 1. The van der Waals surface area contributed by atoms with E-state index in [-0.39, 0.29) is 5.91 Å². The van der Waals surface area contributed by atoms with Crippen LogP contribution in [0, 0.1) is 0 Å². The predicted molar refractivity (Wildman–Crippen MR) is 53.5 cm³/mol. The molecule has 1 rings (SSSR count). The minimum absolute atomic E-state index is 0.244. The summed E-state index contributed by atoms with van der Waals surface area (Å²) in [6.45, 7) is 2.52. The molecule has 0 radical (unpaired) electrons. The SMILES string of the molecule is CCn1ncc(N)c1C(=O)NN(C)C. The van der Waals surface area contributed by atoms with E-state index in [1.165, 1.54) is 6.20 Å². The van der Waals surface area contributed by atoms with Gasteiger partial charge in [0.05, 0.1) is 11.9 Å². The van der Waals surface area contributed by atoms with E-state index in [1.54, 1.807) is 23.8 Å². The number of nitrogens with one attached hydrogen (secondary N) is 1. The van der Waals surface area contributed by atoms with E-state index in [2.05, 4.69) is 10.5 Å². The molecule has 6 heteroatoms. The second-order valence-corrected chi connectivity index (χ2v) is 3.10. The van der Waals surface area contributed by atoms with Crippen LogP contribution >= 0.6 is 0 Å². The fourth-order valence-corrected chi connectivity index (χ4v) is 1.14. The summed E-state index contributed by atoms with van der Waals surface area (Å²) in [5.74, 6) is -0.244. The highest BCUT2D eigenvalue weighted by atomic mass is 16.2. The van der Waals surface area contributed by atoms with Gasteiger partial charge in [0.2, 0.25) is 0 Å². The molecule has 0 unspecified atom stereocenters. The van der Waals surface area contributed by atoms with E-state index in [4.69, 9.17) is 5.73 Å². The van der Waals surface area contributed by atoms with Gasteiger partial charge in [-0.15, -0.1) is 0 Å². The molecule has 0 aliphatic carbocycles. The van der Waals surface area contributed by atoms with Crippen molar-refractivity contribution in [1.29, 1.82) is 0 Å². The number of hydrogen-bond acceptors (Lipinski definition) is 4. The lowest BCUT2D eigenvalue weighted by Gasteiger charge is -2.12. The number of anilines is 1. The zero-order chi connectivity index (χ0) is 10.7. The number of carbonyl (C=O) groups is 1. The van der Waals surface area contributed by atoms with E-state index < -0.39 is 0 Å². The number of hydrazine groups is 1. The van der Waals surface area contributed by atoms with E-state index in [0.717, 1.165) is 0 Å². The molecule has 0 aliphatic heterocycles. The lowest BCUT2D eigenvalue weighted by atomic mass is 10.3. The number of rotatable bonds is 3. The Labute approximate surface area is 82.6 Å². The molecule has 78 valence electrons. The van der Waals surface area contributed by atoms with Crippen LogP contribution in [0.1, 0.15) is 17.4 Å². The molecule has 14 heavy (non-hydrogen) atoms. The van der Waals surface area contributed by atoms with Gasteiger partial charge in [0.15, 0.2) is 5.69 Å². The Kier molecular flexibility index (Phi) is 3.08. The van der Waals surface area contributed by atoms with Crippen molar-refractivity contribution in [2.24, 2.45) is 0 Å². The molecule has 1 aromatic heterocycles. The number of amides is 1. The Morgan fingerprint density at radius 1 is 1.71 bits per heavy atom. The van der Waals surface area contributed by atoms with Crippen molar-refractivity contribution in [2.75, 3.05) is 19.8 Å². The lowest BCUT2D eigenvalue weighted by molar-refractivity contribution is 0.0846. The molecule has 0 saturated heterocycles. The summed E-state index contributed by atoms with van der Waals surface area (Å²) in [6.07, 6.45) is 1.48. The Bertz CT molecular complexity index is 330. The van der Waals surface area contributed by atoms with Crippen LogP contribution in [0.4, 0.5) is 5.69 Å². The first kappa shape index (κ1) is 10.5. The van der Waals surface area contributed by atoms with Gasteiger partial charge in [-0.05, 0) is 6.92 Å². The van der Waals surface area contributed by atoms with Crippen molar-refractivity contribution in [2.45, 2.75) is 13.5 Å². The first-order valence-corrected chi connectivity index (χ1v) is 4.35. The second kappa shape index (κ2) is 4.10. The molecular formula is C8H15N5O. The third kappa shape index (κ3) is 2.02. The zero-order valence-electron chi connectivity index (χ0n) is 8.61. The van der Waals surface area contributed by atoms with Crippen molar-refractivity contribution >= 4 is 11.6 Å². The second-order valence-electron chi connectivity index (χ2n) is 3.10. The van der Waals surface area contributed by atoms with Gasteiger partial charge in [-0.1, -0.05) is 0 Å². The van der Waals surface area contributed by atoms with Gasteiger partial charge in [-0.25, -0.2) is 5.01 Å². The first-order valence-electron chi connectivity index (χ1n) is 4.35. The number of hydrogen-bond donors (Lipinski definition) is 2. The molecule has 1 heterocycles. The van der Waals surface area contributed by atoms with Gasteiger partial charge in [0.1, 0.15) is 0 Å². The Morgan fingerprint density at radius 2 is 2.36 bits per heavy atom. The van der Waals surface area contributed by atoms with E-state index in [9.17, 15) is 4.79 Å².